The Balaban J connectivity index is 1.41. The van der Waals surface area contributed by atoms with E-state index in [1.807, 2.05) is 24.3 Å². The monoisotopic (exact) mass is 531 g/mol. The average molecular weight is 532 g/mol. The van der Waals surface area contributed by atoms with Gasteiger partial charge in [0.05, 0.1) is 20.8 Å². The van der Waals surface area contributed by atoms with Gasteiger partial charge in [-0.3, -0.25) is 4.79 Å². The lowest BCUT2D eigenvalue weighted by Gasteiger charge is -2.28. The minimum Gasteiger partial charge on any atom is -0.497 e. The van der Waals surface area contributed by atoms with E-state index < -0.39 is 23.9 Å². The molecule has 5 rings (SSSR count). The molecule has 0 spiro atoms. The quantitative estimate of drug-likeness (QED) is 0.323. The molecule has 1 aliphatic heterocycles. The Labute approximate surface area is 224 Å². The normalized spacial score (nSPS) is 17.0. The van der Waals surface area contributed by atoms with Crippen LogP contribution in [-0.2, 0) is 4.74 Å². The summed E-state index contributed by atoms with van der Waals surface area (Å²) in [6.07, 6.45) is -0.169. The number of anilines is 1. The van der Waals surface area contributed by atoms with Crippen molar-refractivity contribution in [3.05, 3.63) is 82.2 Å². The van der Waals surface area contributed by atoms with Crippen LogP contribution in [0.15, 0.2) is 69.9 Å². The van der Waals surface area contributed by atoms with Crippen molar-refractivity contribution in [2.24, 2.45) is 0 Å². The van der Waals surface area contributed by atoms with Crippen LogP contribution >= 0.6 is 0 Å². The SMILES string of the molecule is COc1cccc(-c2cc(C(=O)Nc3cc4ccc(O[C@H]5OCCC[C@H]5O)c(C)c4oc3=O)ccc2OC)c1. The molecule has 1 saturated heterocycles. The maximum Gasteiger partial charge on any atom is 0.360 e. The molecule has 0 unspecified atom stereocenters. The Morgan fingerprint density at radius 2 is 1.85 bits per heavy atom. The van der Waals surface area contributed by atoms with E-state index in [0.717, 1.165) is 12.0 Å². The number of aliphatic hydroxyl groups is 1. The van der Waals surface area contributed by atoms with Crippen LogP contribution < -0.4 is 25.2 Å². The molecular formula is C30H29NO8. The van der Waals surface area contributed by atoms with Crippen LogP contribution in [0.3, 0.4) is 0 Å². The Morgan fingerprint density at radius 1 is 1.03 bits per heavy atom. The van der Waals surface area contributed by atoms with Gasteiger partial charge in [-0.2, -0.15) is 0 Å². The van der Waals surface area contributed by atoms with Gasteiger partial charge in [-0.1, -0.05) is 12.1 Å². The van der Waals surface area contributed by atoms with Gasteiger partial charge in [-0.25, -0.2) is 4.79 Å². The van der Waals surface area contributed by atoms with Crippen molar-refractivity contribution in [1.29, 1.82) is 0 Å². The molecule has 0 bridgehead atoms. The zero-order valence-electron chi connectivity index (χ0n) is 21.9. The fourth-order valence-corrected chi connectivity index (χ4v) is 4.56. The number of hydrogen-bond donors (Lipinski definition) is 2. The van der Waals surface area contributed by atoms with Crippen molar-refractivity contribution in [3.8, 4) is 28.4 Å². The van der Waals surface area contributed by atoms with Crippen molar-refractivity contribution in [3.63, 3.8) is 0 Å². The Morgan fingerprint density at radius 3 is 2.62 bits per heavy atom. The summed E-state index contributed by atoms with van der Waals surface area (Å²) >= 11 is 0. The number of nitrogens with one attached hydrogen (secondary N) is 1. The summed E-state index contributed by atoms with van der Waals surface area (Å²) in [6.45, 7) is 2.26. The summed E-state index contributed by atoms with van der Waals surface area (Å²) in [5, 5.41) is 13.4. The fourth-order valence-electron chi connectivity index (χ4n) is 4.56. The molecule has 2 heterocycles. The molecule has 39 heavy (non-hydrogen) atoms. The highest BCUT2D eigenvalue weighted by Crippen LogP contribution is 2.34. The number of carbonyl (C=O) groups is 1. The number of methoxy groups -OCH3 is 2. The van der Waals surface area contributed by atoms with E-state index in [1.165, 1.54) is 0 Å². The zero-order chi connectivity index (χ0) is 27.5. The summed E-state index contributed by atoms with van der Waals surface area (Å²) in [5.41, 5.74) is 2.05. The number of hydrogen-bond acceptors (Lipinski definition) is 8. The highest BCUT2D eigenvalue weighted by Gasteiger charge is 2.26. The largest absolute Gasteiger partial charge is 0.497 e. The van der Waals surface area contributed by atoms with E-state index >= 15 is 0 Å². The third-order valence-electron chi connectivity index (χ3n) is 6.68. The molecule has 3 aromatic carbocycles. The number of amides is 1. The lowest BCUT2D eigenvalue weighted by Crippen LogP contribution is -2.38. The molecule has 4 aromatic rings. The van der Waals surface area contributed by atoms with Crippen molar-refractivity contribution < 1.29 is 33.3 Å². The predicted molar refractivity (Wildman–Crippen MR) is 146 cm³/mol. The summed E-state index contributed by atoms with van der Waals surface area (Å²) in [6, 6.07) is 17.4. The van der Waals surface area contributed by atoms with Crippen LogP contribution in [0.4, 0.5) is 5.69 Å². The minimum absolute atomic E-state index is 0.00496. The molecule has 9 nitrogen and oxygen atoms in total. The number of benzene rings is 3. The molecule has 0 saturated carbocycles. The van der Waals surface area contributed by atoms with Crippen LogP contribution in [0.5, 0.6) is 17.2 Å². The van der Waals surface area contributed by atoms with Crippen LogP contribution in [0.2, 0.25) is 0 Å². The first-order chi connectivity index (χ1) is 18.9. The van der Waals surface area contributed by atoms with E-state index in [0.29, 0.717) is 57.9 Å². The first kappa shape index (κ1) is 26.3. The lowest BCUT2D eigenvalue weighted by molar-refractivity contribution is -0.170. The maximum absolute atomic E-state index is 13.2. The molecule has 1 aliphatic rings. The van der Waals surface area contributed by atoms with E-state index in [4.69, 9.17) is 23.4 Å². The van der Waals surface area contributed by atoms with Crippen LogP contribution in [0, 0.1) is 6.92 Å². The number of ether oxygens (including phenoxy) is 4. The molecule has 1 aromatic heterocycles. The number of aliphatic hydroxyl groups excluding tert-OH is 1. The first-order valence-electron chi connectivity index (χ1n) is 12.6. The molecule has 202 valence electrons. The number of aryl methyl sites for hydroxylation is 1. The molecular weight excluding hydrogens is 502 g/mol. The lowest BCUT2D eigenvalue weighted by atomic mass is 10.0. The van der Waals surface area contributed by atoms with Crippen molar-refractivity contribution in [2.45, 2.75) is 32.2 Å². The van der Waals surface area contributed by atoms with Crippen molar-refractivity contribution in [2.75, 3.05) is 26.1 Å². The highest BCUT2D eigenvalue weighted by molar-refractivity contribution is 6.05. The second kappa shape index (κ2) is 11.2. The molecule has 0 radical (unpaired) electrons. The van der Waals surface area contributed by atoms with Crippen LogP contribution in [0.25, 0.3) is 22.1 Å². The molecule has 1 amide bonds. The minimum atomic E-state index is -0.786. The van der Waals surface area contributed by atoms with E-state index in [-0.39, 0.29) is 5.69 Å². The predicted octanol–water partition coefficient (Wildman–Crippen LogP) is 4.91. The third kappa shape index (κ3) is 5.45. The Kier molecular flexibility index (Phi) is 7.53. The van der Waals surface area contributed by atoms with Crippen LogP contribution in [0.1, 0.15) is 28.8 Å². The van der Waals surface area contributed by atoms with Gasteiger partial charge < -0.3 is 33.8 Å². The highest BCUT2D eigenvalue weighted by atomic mass is 16.7. The van der Waals surface area contributed by atoms with Gasteiger partial charge in [0.15, 0.2) is 0 Å². The Hall–Kier alpha value is -4.34. The third-order valence-corrected chi connectivity index (χ3v) is 6.68. The standard InChI is InChI=1S/C30H29NO8/c1-17-25(38-30-24(32)8-5-13-37-30)11-9-19-16-23(29(34)39-27(17)19)31-28(33)20-10-12-26(36-3)22(15-20)18-6-4-7-21(14-18)35-2/h4,6-7,9-12,14-16,24,30,32H,5,8,13H2,1-3H3,(H,31,33)/t24-,30-/m1/s1. The van der Waals surface area contributed by atoms with Gasteiger partial charge in [0.1, 0.15) is 34.6 Å². The number of carbonyl (C=O) groups excluding carboxylic acids is 1. The maximum atomic E-state index is 13.2. The summed E-state index contributed by atoms with van der Waals surface area (Å²) < 4.78 is 27.8. The van der Waals surface area contributed by atoms with Crippen molar-refractivity contribution >= 4 is 22.6 Å². The molecule has 0 aliphatic carbocycles. The fraction of sp³-hybridized carbons (Fsp3) is 0.267. The van der Waals surface area contributed by atoms with E-state index in [2.05, 4.69) is 5.32 Å². The summed E-state index contributed by atoms with van der Waals surface area (Å²) in [7, 11) is 3.14. The van der Waals surface area contributed by atoms with Crippen molar-refractivity contribution in [1.82, 2.24) is 0 Å². The molecule has 2 N–H and O–H groups in total. The first-order valence-corrected chi connectivity index (χ1v) is 12.6. The van der Waals surface area contributed by atoms with E-state index in [9.17, 15) is 14.7 Å². The van der Waals surface area contributed by atoms with Gasteiger partial charge >= 0.3 is 5.63 Å². The zero-order valence-corrected chi connectivity index (χ0v) is 21.9. The van der Waals surface area contributed by atoms with Gasteiger partial charge in [0, 0.05) is 22.1 Å². The average Bonchev–Trinajstić information content (AvgIpc) is 2.96. The second-order valence-corrected chi connectivity index (χ2v) is 9.22. The molecule has 1 fully saturated rings. The topological polar surface area (TPSA) is 116 Å². The van der Waals surface area contributed by atoms with Gasteiger partial charge in [0.25, 0.3) is 5.91 Å². The van der Waals surface area contributed by atoms with E-state index in [1.54, 1.807) is 57.5 Å². The summed E-state index contributed by atoms with van der Waals surface area (Å²) in [5.74, 6) is 1.22. The smallest absolute Gasteiger partial charge is 0.360 e. The second-order valence-electron chi connectivity index (χ2n) is 9.22. The molecule has 9 heteroatoms. The van der Waals surface area contributed by atoms with Gasteiger partial charge in [-0.05, 0) is 73.9 Å². The number of fused-ring (bicyclic) bond motifs is 1. The van der Waals surface area contributed by atoms with Gasteiger partial charge in [-0.15, -0.1) is 0 Å². The summed E-state index contributed by atoms with van der Waals surface area (Å²) in [4.78, 5) is 26.0. The Bertz CT molecular complexity index is 1580. The number of rotatable bonds is 7. The van der Waals surface area contributed by atoms with Crippen LogP contribution in [-0.4, -0.2) is 44.2 Å². The van der Waals surface area contributed by atoms with Gasteiger partial charge in [0.2, 0.25) is 6.29 Å². The molecule has 2 atom stereocenters.